The van der Waals surface area contributed by atoms with Gasteiger partial charge in [0.25, 0.3) is 5.69 Å². The number of nitrogens with zero attached hydrogens (tertiary/aromatic N) is 2. The van der Waals surface area contributed by atoms with E-state index < -0.39 is 16.8 Å². The van der Waals surface area contributed by atoms with Gasteiger partial charge in [0.15, 0.2) is 0 Å². The normalized spacial score (nSPS) is 12.1. The molecule has 1 aromatic heterocycles. The third kappa shape index (κ3) is 3.86. The minimum absolute atomic E-state index is 0.154. The maximum atomic E-state index is 10.6. The van der Waals surface area contributed by atoms with Crippen molar-refractivity contribution in [3.8, 4) is 0 Å². The van der Waals surface area contributed by atoms with Crippen molar-refractivity contribution in [2.45, 2.75) is 11.9 Å². The van der Waals surface area contributed by atoms with Gasteiger partial charge in [-0.3, -0.25) is 14.9 Å². The second kappa shape index (κ2) is 5.83. The second-order valence-electron chi connectivity index (χ2n) is 3.29. The van der Waals surface area contributed by atoms with Crippen LogP contribution < -0.4 is 0 Å². The molecule has 92 valence electrons. The molecule has 1 atom stereocenters. The molecule has 8 heteroatoms. The number of nitro groups is 1. The van der Waals surface area contributed by atoms with E-state index in [1.54, 1.807) is 6.92 Å². The SMILES string of the molecule is CC(CSc1ncc([N+](=O)[O-])cc1Cl)C(=O)O. The summed E-state index contributed by atoms with van der Waals surface area (Å²) < 4.78 is 0. The average molecular weight is 277 g/mol. The Balaban J connectivity index is 2.73. The van der Waals surface area contributed by atoms with Crippen molar-refractivity contribution in [3.05, 3.63) is 27.4 Å². The number of carboxylic acid groups (broad SMARTS) is 1. The van der Waals surface area contributed by atoms with Crippen molar-refractivity contribution in [3.63, 3.8) is 0 Å². The maximum absolute atomic E-state index is 10.6. The maximum Gasteiger partial charge on any atom is 0.307 e. The molecule has 1 aromatic rings. The lowest BCUT2D eigenvalue weighted by atomic mass is 10.2. The topological polar surface area (TPSA) is 93.3 Å². The van der Waals surface area contributed by atoms with Gasteiger partial charge in [0, 0.05) is 11.8 Å². The number of hydrogen-bond donors (Lipinski definition) is 1. The number of hydrogen-bond acceptors (Lipinski definition) is 5. The number of pyridine rings is 1. The quantitative estimate of drug-likeness (QED) is 0.504. The van der Waals surface area contributed by atoms with Crippen LogP contribution in [0.3, 0.4) is 0 Å². The molecular formula is C9H9ClN2O4S. The van der Waals surface area contributed by atoms with Gasteiger partial charge in [-0.1, -0.05) is 18.5 Å². The lowest BCUT2D eigenvalue weighted by Gasteiger charge is -2.06. The predicted octanol–water partition coefficient (Wildman–Crippen LogP) is 2.46. The highest BCUT2D eigenvalue weighted by molar-refractivity contribution is 7.99. The molecule has 0 bridgehead atoms. The number of aromatic nitrogens is 1. The molecule has 0 spiro atoms. The first-order valence-electron chi connectivity index (χ1n) is 4.57. The number of aliphatic carboxylic acids is 1. The van der Waals surface area contributed by atoms with E-state index in [0.29, 0.717) is 10.8 Å². The van der Waals surface area contributed by atoms with Gasteiger partial charge < -0.3 is 5.11 Å². The second-order valence-corrected chi connectivity index (χ2v) is 4.70. The Hall–Kier alpha value is -1.34. The first-order valence-corrected chi connectivity index (χ1v) is 5.93. The molecule has 0 fully saturated rings. The van der Waals surface area contributed by atoms with Crippen LogP contribution in [0, 0.1) is 16.0 Å². The summed E-state index contributed by atoms with van der Waals surface area (Å²) in [4.78, 5) is 24.3. The Labute approximate surface area is 106 Å². The molecule has 6 nitrogen and oxygen atoms in total. The molecule has 0 aliphatic heterocycles. The molecule has 1 rings (SSSR count). The number of thioether (sulfide) groups is 1. The first-order chi connectivity index (χ1) is 7.91. The molecule has 0 saturated heterocycles. The zero-order chi connectivity index (χ0) is 13.0. The number of rotatable bonds is 5. The highest BCUT2D eigenvalue weighted by Crippen LogP contribution is 2.29. The molecule has 1 heterocycles. The molecule has 0 radical (unpaired) electrons. The molecule has 1 unspecified atom stereocenters. The molecule has 0 aliphatic rings. The first kappa shape index (κ1) is 13.7. The fraction of sp³-hybridized carbons (Fsp3) is 0.333. The smallest absolute Gasteiger partial charge is 0.307 e. The van der Waals surface area contributed by atoms with Gasteiger partial charge in [-0.15, -0.1) is 11.8 Å². The van der Waals surface area contributed by atoms with Gasteiger partial charge in [-0.05, 0) is 0 Å². The van der Waals surface area contributed by atoms with E-state index in [0.717, 1.165) is 18.0 Å². The predicted molar refractivity (Wildman–Crippen MR) is 63.4 cm³/mol. The molecule has 1 N–H and O–H groups in total. The van der Waals surface area contributed by atoms with Gasteiger partial charge in [-0.25, -0.2) is 4.98 Å². The Bertz CT molecular complexity index is 455. The lowest BCUT2D eigenvalue weighted by Crippen LogP contribution is -2.11. The number of carboxylic acids is 1. The summed E-state index contributed by atoms with van der Waals surface area (Å²) in [5, 5.41) is 19.7. The van der Waals surface area contributed by atoms with Crippen LogP contribution in [0.4, 0.5) is 5.69 Å². The van der Waals surface area contributed by atoms with E-state index in [-0.39, 0.29) is 10.7 Å². The fourth-order valence-electron chi connectivity index (χ4n) is 0.897. The van der Waals surface area contributed by atoms with Crippen molar-refractivity contribution in [2.75, 3.05) is 5.75 Å². The lowest BCUT2D eigenvalue weighted by molar-refractivity contribution is -0.385. The Morgan fingerprint density at radius 1 is 1.76 bits per heavy atom. The standard InChI is InChI=1S/C9H9ClN2O4S/c1-5(9(13)14)4-17-8-7(10)2-6(3-11-8)12(15)16/h2-3,5H,4H2,1H3,(H,13,14). The van der Waals surface area contributed by atoms with Gasteiger partial charge in [0.05, 0.1) is 15.9 Å². The van der Waals surface area contributed by atoms with E-state index in [9.17, 15) is 14.9 Å². The van der Waals surface area contributed by atoms with Crippen molar-refractivity contribution in [1.82, 2.24) is 4.98 Å². The summed E-state index contributed by atoms with van der Waals surface area (Å²) in [6, 6.07) is 1.20. The molecule has 0 amide bonds. The van der Waals surface area contributed by atoms with Crippen LogP contribution in [0.15, 0.2) is 17.3 Å². The van der Waals surface area contributed by atoms with Crippen molar-refractivity contribution >= 4 is 35.0 Å². The van der Waals surface area contributed by atoms with E-state index >= 15 is 0 Å². The van der Waals surface area contributed by atoms with Crippen molar-refractivity contribution < 1.29 is 14.8 Å². The third-order valence-electron chi connectivity index (χ3n) is 1.90. The van der Waals surface area contributed by atoms with Gasteiger partial charge >= 0.3 is 5.97 Å². The zero-order valence-corrected chi connectivity index (χ0v) is 10.4. The molecule has 17 heavy (non-hydrogen) atoms. The van der Waals surface area contributed by atoms with Crippen LogP contribution in [-0.4, -0.2) is 26.7 Å². The van der Waals surface area contributed by atoms with Crippen LogP contribution in [0.2, 0.25) is 5.02 Å². The Morgan fingerprint density at radius 2 is 2.41 bits per heavy atom. The fourth-order valence-corrected chi connectivity index (χ4v) is 2.10. The molecule has 0 aromatic carbocycles. The van der Waals surface area contributed by atoms with E-state index in [4.69, 9.17) is 16.7 Å². The molecular weight excluding hydrogens is 268 g/mol. The highest BCUT2D eigenvalue weighted by Gasteiger charge is 2.15. The zero-order valence-electron chi connectivity index (χ0n) is 8.79. The summed E-state index contributed by atoms with van der Waals surface area (Å²) in [5.41, 5.74) is -0.189. The van der Waals surface area contributed by atoms with E-state index in [1.165, 1.54) is 6.07 Å². The summed E-state index contributed by atoms with van der Waals surface area (Å²) in [5.74, 6) is -1.14. The van der Waals surface area contributed by atoms with Crippen molar-refractivity contribution in [2.24, 2.45) is 5.92 Å². The van der Waals surface area contributed by atoms with Gasteiger partial charge in [0.2, 0.25) is 0 Å². The average Bonchev–Trinajstić information content (AvgIpc) is 2.26. The van der Waals surface area contributed by atoms with Gasteiger partial charge in [0.1, 0.15) is 11.2 Å². The minimum Gasteiger partial charge on any atom is -0.481 e. The monoisotopic (exact) mass is 276 g/mol. The van der Waals surface area contributed by atoms with Crippen LogP contribution in [0.1, 0.15) is 6.92 Å². The highest BCUT2D eigenvalue weighted by atomic mass is 35.5. The molecule has 0 aliphatic carbocycles. The minimum atomic E-state index is -0.907. The Kier molecular flexibility index (Phi) is 4.71. The van der Waals surface area contributed by atoms with Crippen LogP contribution in [0.25, 0.3) is 0 Å². The summed E-state index contributed by atoms with van der Waals surface area (Å²) in [6.45, 7) is 1.56. The number of halogens is 1. The van der Waals surface area contributed by atoms with Gasteiger partial charge in [-0.2, -0.15) is 0 Å². The van der Waals surface area contributed by atoms with E-state index in [1.807, 2.05) is 0 Å². The third-order valence-corrected chi connectivity index (χ3v) is 3.56. The Morgan fingerprint density at radius 3 is 2.88 bits per heavy atom. The largest absolute Gasteiger partial charge is 0.481 e. The van der Waals surface area contributed by atoms with Crippen LogP contribution in [-0.2, 0) is 4.79 Å². The number of carbonyl (C=O) groups is 1. The van der Waals surface area contributed by atoms with Crippen molar-refractivity contribution in [1.29, 1.82) is 0 Å². The summed E-state index contributed by atoms with van der Waals surface area (Å²) >= 11 is 6.96. The van der Waals surface area contributed by atoms with Crippen LogP contribution in [0.5, 0.6) is 0 Å². The summed E-state index contributed by atoms with van der Waals surface area (Å²) in [6.07, 6.45) is 1.10. The molecule has 0 saturated carbocycles. The summed E-state index contributed by atoms with van der Waals surface area (Å²) in [7, 11) is 0. The van der Waals surface area contributed by atoms with Crippen LogP contribution >= 0.6 is 23.4 Å². The van der Waals surface area contributed by atoms with E-state index in [2.05, 4.69) is 4.98 Å².